The van der Waals surface area contributed by atoms with E-state index in [9.17, 15) is 0 Å². The highest BCUT2D eigenvalue weighted by molar-refractivity contribution is 7.98. The fraction of sp³-hybridized carbons (Fsp3) is 0.304. The van der Waals surface area contributed by atoms with Crippen molar-refractivity contribution in [3.05, 3.63) is 77.4 Å². The van der Waals surface area contributed by atoms with Crippen LogP contribution in [0.4, 0.5) is 5.95 Å². The van der Waals surface area contributed by atoms with Crippen molar-refractivity contribution in [2.24, 2.45) is 0 Å². The fourth-order valence-corrected chi connectivity index (χ4v) is 4.43. The first-order valence-electron chi connectivity index (χ1n) is 10.6. The summed E-state index contributed by atoms with van der Waals surface area (Å²) in [5.74, 6) is 2.61. The van der Waals surface area contributed by atoms with Crippen LogP contribution in [0.2, 0.25) is 0 Å². The predicted molar refractivity (Wildman–Crippen MR) is 122 cm³/mol. The van der Waals surface area contributed by atoms with Crippen LogP contribution in [0.1, 0.15) is 22.8 Å². The lowest BCUT2D eigenvalue weighted by Gasteiger charge is -2.28. The number of aromatic nitrogens is 5. The van der Waals surface area contributed by atoms with Gasteiger partial charge in [-0.05, 0) is 30.2 Å². The summed E-state index contributed by atoms with van der Waals surface area (Å²) >= 11 is 1.54. The summed E-state index contributed by atoms with van der Waals surface area (Å²) in [6.07, 6.45) is 0.648. The lowest BCUT2D eigenvalue weighted by atomic mass is 10.1. The summed E-state index contributed by atoms with van der Waals surface area (Å²) in [5, 5.41) is 13.9. The number of ether oxygens (including phenoxy) is 1. The third-order valence-corrected chi connectivity index (χ3v) is 6.12. The molecular formula is C23H24N6O2S. The molecule has 0 atom stereocenters. The first kappa shape index (κ1) is 20.7. The number of morpholine rings is 1. The van der Waals surface area contributed by atoms with Gasteiger partial charge in [0.15, 0.2) is 11.0 Å². The molecule has 3 heterocycles. The normalized spacial score (nSPS) is 14.1. The molecule has 1 fully saturated rings. The van der Waals surface area contributed by atoms with Gasteiger partial charge in [0, 0.05) is 19.5 Å². The van der Waals surface area contributed by atoms with Gasteiger partial charge in [-0.25, -0.2) is 0 Å². The third kappa shape index (κ3) is 4.68. The number of aryl methyl sites for hydroxylation is 1. The third-order valence-electron chi connectivity index (χ3n) is 5.21. The molecule has 0 bridgehead atoms. The first-order valence-corrected chi connectivity index (χ1v) is 11.6. The molecule has 4 aromatic rings. The molecule has 0 spiro atoms. The fourth-order valence-electron chi connectivity index (χ4n) is 3.64. The highest BCUT2D eigenvalue weighted by Crippen LogP contribution is 2.29. The van der Waals surface area contributed by atoms with Crippen LogP contribution in [-0.2, 0) is 16.9 Å². The van der Waals surface area contributed by atoms with Crippen molar-refractivity contribution in [2.45, 2.75) is 24.3 Å². The van der Waals surface area contributed by atoms with Gasteiger partial charge in [0.2, 0.25) is 11.8 Å². The van der Waals surface area contributed by atoms with Crippen molar-refractivity contribution >= 4 is 17.7 Å². The van der Waals surface area contributed by atoms with Gasteiger partial charge >= 0.3 is 0 Å². The minimum Gasteiger partial charge on any atom is -0.378 e. The zero-order chi connectivity index (χ0) is 21.8. The van der Waals surface area contributed by atoms with E-state index < -0.39 is 0 Å². The molecule has 2 aromatic carbocycles. The van der Waals surface area contributed by atoms with Gasteiger partial charge in [0.25, 0.3) is 0 Å². The van der Waals surface area contributed by atoms with Gasteiger partial charge < -0.3 is 14.2 Å². The van der Waals surface area contributed by atoms with Crippen molar-refractivity contribution in [1.82, 2.24) is 24.9 Å². The van der Waals surface area contributed by atoms with Crippen molar-refractivity contribution in [1.29, 1.82) is 0 Å². The molecule has 0 saturated carbocycles. The largest absolute Gasteiger partial charge is 0.378 e. The summed E-state index contributed by atoms with van der Waals surface area (Å²) < 4.78 is 13.1. The maximum Gasteiger partial charge on any atom is 0.237 e. The van der Waals surface area contributed by atoms with E-state index in [4.69, 9.17) is 9.26 Å². The lowest BCUT2D eigenvalue weighted by molar-refractivity contribution is 0.122. The Hall–Kier alpha value is -3.17. The molecule has 5 rings (SSSR count). The molecule has 9 heteroatoms. The van der Waals surface area contributed by atoms with Crippen LogP contribution >= 0.6 is 11.8 Å². The number of benzene rings is 2. The van der Waals surface area contributed by atoms with Crippen molar-refractivity contribution in [3.63, 3.8) is 0 Å². The molecule has 164 valence electrons. The Morgan fingerprint density at radius 2 is 1.84 bits per heavy atom. The quantitative estimate of drug-likeness (QED) is 0.396. The van der Waals surface area contributed by atoms with Crippen molar-refractivity contribution in [2.75, 3.05) is 31.2 Å². The zero-order valence-electron chi connectivity index (χ0n) is 17.8. The number of hydrogen-bond acceptors (Lipinski definition) is 8. The minimum atomic E-state index is 0.523. The number of rotatable bonds is 7. The molecule has 2 aromatic heterocycles. The van der Waals surface area contributed by atoms with E-state index in [1.54, 1.807) is 11.8 Å². The summed E-state index contributed by atoms with van der Waals surface area (Å²) in [4.78, 5) is 6.77. The highest BCUT2D eigenvalue weighted by Gasteiger charge is 2.22. The van der Waals surface area contributed by atoms with Gasteiger partial charge in [-0.2, -0.15) is 4.98 Å². The molecule has 0 radical (unpaired) electrons. The smallest absolute Gasteiger partial charge is 0.237 e. The SMILES string of the molecule is Cc1cccc(-n2c(SCc3nc(Cc4ccccc4)no3)nnc2N2CCOCC2)c1. The second-order valence-electron chi connectivity index (χ2n) is 7.61. The maximum atomic E-state index is 5.51. The molecule has 0 unspecified atom stereocenters. The summed E-state index contributed by atoms with van der Waals surface area (Å²) in [5.41, 5.74) is 3.37. The van der Waals surface area contributed by atoms with E-state index in [1.807, 2.05) is 18.2 Å². The van der Waals surface area contributed by atoms with Gasteiger partial charge in [0.05, 0.1) is 24.7 Å². The summed E-state index contributed by atoms with van der Waals surface area (Å²) in [6.45, 7) is 5.05. The maximum absolute atomic E-state index is 5.51. The van der Waals surface area contributed by atoms with E-state index in [2.05, 4.69) is 73.1 Å². The Morgan fingerprint density at radius 1 is 1.00 bits per heavy atom. The molecule has 1 saturated heterocycles. The second-order valence-corrected chi connectivity index (χ2v) is 8.55. The average molecular weight is 449 g/mol. The molecular weight excluding hydrogens is 424 g/mol. The van der Waals surface area contributed by atoms with Gasteiger partial charge in [-0.15, -0.1) is 10.2 Å². The molecule has 0 aliphatic carbocycles. The Morgan fingerprint density at radius 3 is 2.66 bits per heavy atom. The lowest BCUT2D eigenvalue weighted by Crippen LogP contribution is -2.37. The Balaban J connectivity index is 1.36. The first-order chi connectivity index (χ1) is 15.8. The van der Waals surface area contributed by atoms with Gasteiger partial charge in [-0.1, -0.05) is 59.4 Å². The number of thioether (sulfide) groups is 1. The number of hydrogen-bond donors (Lipinski definition) is 0. The van der Waals surface area contributed by atoms with E-state index in [1.165, 1.54) is 5.56 Å². The standard InChI is InChI=1S/C23H24N6O2S/c1-17-6-5-9-19(14-17)29-22(28-10-12-30-13-11-28)25-26-23(29)32-16-21-24-20(27-31-21)15-18-7-3-2-4-8-18/h2-9,14H,10-13,15-16H2,1H3. The minimum absolute atomic E-state index is 0.523. The van der Waals surface area contributed by atoms with E-state index in [-0.39, 0.29) is 0 Å². The van der Waals surface area contributed by atoms with E-state index in [0.717, 1.165) is 35.4 Å². The second kappa shape index (κ2) is 9.54. The Labute approximate surface area is 190 Å². The zero-order valence-corrected chi connectivity index (χ0v) is 18.7. The molecule has 32 heavy (non-hydrogen) atoms. The predicted octanol–water partition coefficient (Wildman–Crippen LogP) is 3.68. The van der Waals surface area contributed by atoms with Crippen LogP contribution in [0.3, 0.4) is 0 Å². The van der Waals surface area contributed by atoms with Crippen LogP contribution in [0, 0.1) is 6.92 Å². The van der Waals surface area contributed by atoms with E-state index >= 15 is 0 Å². The molecule has 0 amide bonds. The van der Waals surface area contributed by atoms with Crippen LogP contribution in [0.25, 0.3) is 5.69 Å². The number of anilines is 1. The summed E-state index contributed by atoms with van der Waals surface area (Å²) in [7, 11) is 0. The van der Waals surface area contributed by atoms with Crippen LogP contribution in [-0.4, -0.2) is 51.2 Å². The van der Waals surface area contributed by atoms with Crippen LogP contribution in [0.15, 0.2) is 64.3 Å². The molecule has 0 N–H and O–H groups in total. The van der Waals surface area contributed by atoms with Gasteiger partial charge in [-0.3, -0.25) is 4.57 Å². The van der Waals surface area contributed by atoms with Crippen molar-refractivity contribution in [3.8, 4) is 5.69 Å². The average Bonchev–Trinajstić information content (AvgIpc) is 3.46. The topological polar surface area (TPSA) is 82.1 Å². The highest BCUT2D eigenvalue weighted by atomic mass is 32.2. The van der Waals surface area contributed by atoms with Crippen molar-refractivity contribution < 1.29 is 9.26 Å². The molecule has 1 aliphatic heterocycles. The molecule has 8 nitrogen and oxygen atoms in total. The van der Waals surface area contributed by atoms with E-state index in [0.29, 0.717) is 37.1 Å². The summed E-state index contributed by atoms with van der Waals surface area (Å²) in [6, 6.07) is 18.5. The van der Waals surface area contributed by atoms with Crippen LogP contribution < -0.4 is 4.90 Å². The van der Waals surface area contributed by atoms with Crippen LogP contribution in [0.5, 0.6) is 0 Å². The Bertz CT molecular complexity index is 1170. The van der Waals surface area contributed by atoms with Gasteiger partial charge in [0.1, 0.15) is 0 Å². The Kier molecular flexibility index (Phi) is 6.17. The monoisotopic (exact) mass is 448 g/mol. The molecule has 1 aliphatic rings. The number of nitrogens with zero attached hydrogens (tertiary/aromatic N) is 6.